The smallest absolute Gasteiger partial charge is 0.224 e. The van der Waals surface area contributed by atoms with Crippen LogP contribution in [0.15, 0.2) is 52.8 Å². The summed E-state index contributed by atoms with van der Waals surface area (Å²) in [6, 6.07) is 7.64. The first-order valence-corrected chi connectivity index (χ1v) is 8.83. The summed E-state index contributed by atoms with van der Waals surface area (Å²) in [6.45, 7) is 0.690. The number of aromatic nitrogens is 2. The molecule has 0 unspecified atom stereocenters. The maximum Gasteiger partial charge on any atom is 0.224 e. The highest BCUT2D eigenvalue weighted by Gasteiger charge is 2.06. The molecular weight excluding hydrogens is 322 g/mol. The van der Waals surface area contributed by atoms with Gasteiger partial charge in [0.1, 0.15) is 0 Å². The van der Waals surface area contributed by atoms with E-state index in [-0.39, 0.29) is 5.91 Å². The highest BCUT2D eigenvalue weighted by molar-refractivity contribution is 7.09. The van der Waals surface area contributed by atoms with Crippen LogP contribution < -0.4 is 5.32 Å². The van der Waals surface area contributed by atoms with Crippen molar-refractivity contribution in [2.24, 2.45) is 0 Å². The van der Waals surface area contributed by atoms with Crippen molar-refractivity contribution in [1.29, 1.82) is 0 Å². The fourth-order valence-corrected chi connectivity index (χ4v) is 3.16. The number of furan rings is 1. The van der Waals surface area contributed by atoms with Crippen LogP contribution in [0.2, 0.25) is 0 Å². The number of rotatable bonds is 8. The molecule has 0 aliphatic carbocycles. The third-order valence-corrected chi connectivity index (χ3v) is 4.47. The molecular formula is C18H19N3O2S. The van der Waals surface area contributed by atoms with E-state index in [1.807, 2.05) is 23.6 Å². The molecule has 1 amide bonds. The zero-order valence-electron chi connectivity index (χ0n) is 13.3. The second-order valence-electron chi connectivity index (χ2n) is 5.46. The molecule has 0 fully saturated rings. The van der Waals surface area contributed by atoms with Crippen LogP contribution in [0.1, 0.15) is 23.4 Å². The van der Waals surface area contributed by atoms with Crippen LogP contribution in [0.5, 0.6) is 0 Å². The number of pyridine rings is 1. The number of unbranched alkanes of at least 4 members (excludes halogenated alkanes) is 1. The van der Waals surface area contributed by atoms with Gasteiger partial charge in [-0.1, -0.05) is 6.07 Å². The third kappa shape index (κ3) is 4.76. The summed E-state index contributed by atoms with van der Waals surface area (Å²) >= 11 is 1.66. The van der Waals surface area contributed by atoms with E-state index in [0.29, 0.717) is 13.0 Å². The number of carbonyl (C=O) groups is 1. The lowest BCUT2D eigenvalue weighted by Gasteiger charge is -2.03. The zero-order valence-corrected chi connectivity index (χ0v) is 14.1. The van der Waals surface area contributed by atoms with Crippen molar-refractivity contribution in [2.75, 3.05) is 6.54 Å². The van der Waals surface area contributed by atoms with Gasteiger partial charge in [0, 0.05) is 18.1 Å². The number of hydrogen-bond acceptors (Lipinski definition) is 5. The molecule has 6 heteroatoms. The molecule has 0 bridgehead atoms. The third-order valence-electron chi connectivity index (χ3n) is 3.56. The van der Waals surface area contributed by atoms with Crippen molar-refractivity contribution in [3.63, 3.8) is 0 Å². The van der Waals surface area contributed by atoms with E-state index in [1.165, 1.54) is 0 Å². The Morgan fingerprint density at radius 1 is 1.21 bits per heavy atom. The van der Waals surface area contributed by atoms with Crippen LogP contribution in [0.3, 0.4) is 0 Å². The number of hydrogen-bond donors (Lipinski definition) is 1. The largest absolute Gasteiger partial charge is 0.472 e. The Morgan fingerprint density at radius 3 is 2.96 bits per heavy atom. The molecule has 0 saturated carbocycles. The quantitative estimate of drug-likeness (QED) is 0.637. The average molecular weight is 341 g/mol. The van der Waals surface area contributed by atoms with Gasteiger partial charge in [-0.3, -0.25) is 9.78 Å². The highest BCUT2D eigenvalue weighted by atomic mass is 32.1. The minimum atomic E-state index is 0.0306. The lowest BCUT2D eigenvalue weighted by atomic mass is 10.2. The molecule has 3 aromatic rings. The summed E-state index contributed by atoms with van der Waals surface area (Å²) in [5, 5.41) is 6.09. The normalized spacial score (nSPS) is 10.7. The predicted molar refractivity (Wildman–Crippen MR) is 93.7 cm³/mol. The van der Waals surface area contributed by atoms with Crippen molar-refractivity contribution in [2.45, 2.75) is 25.7 Å². The number of nitrogens with one attached hydrogen (secondary N) is 1. The molecule has 24 heavy (non-hydrogen) atoms. The lowest BCUT2D eigenvalue weighted by Crippen LogP contribution is -2.25. The van der Waals surface area contributed by atoms with E-state index in [4.69, 9.17) is 4.42 Å². The molecule has 0 atom stereocenters. The first-order valence-electron chi connectivity index (χ1n) is 7.95. The minimum Gasteiger partial charge on any atom is -0.472 e. The Balaban J connectivity index is 1.35. The molecule has 0 aliphatic heterocycles. The standard InChI is InChI=1S/C18H19N3O2S/c22-17(11-14-7-10-23-12-14)20-9-4-2-6-18-21-16(13-24-18)15-5-1-3-8-19-15/h1,3,5,7-8,10,12-13H,2,4,6,9,11H2,(H,20,22). The molecule has 0 aliphatic rings. The van der Waals surface area contributed by atoms with Crippen molar-refractivity contribution in [3.8, 4) is 11.4 Å². The molecule has 1 N–H and O–H groups in total. The molecule has 5 nitrogen and oxygen atoms in total. The van der Waals surface area contributed by atoms with Gasteiger partial charge in [0.25, 0.3) is 0 Å². The fourth-order valence-electron chi connectivity index (χ4n) is 2.33. The van der Waals surface area contributed by atoms with Crippen LogP contribution in [0.4, 0.5) is 0 Å². The number of amides is 1. The van der Waals surface area contributed by atoms with Gasteiger partial charge in [0.15, 0.2) is 0 Å². The number of carbonyl (C=O) groups excluding carboxylic acids is 1. The maximum absolute atomic E-state index is 11.7. The van der Waals surface area contributed by atoms with E-state index < -0.39 is 0 Å². The summed E-state index contributed by atoms with van der Waals surface area (Å²) in [4.78, 5) is 20.7. The SMILES string of the molecule is O=C(Cc1ccoc1)NCCCCc1nc(-c2ccccn2)cs1. The van der Waals surface area contributed by atoms with E-state index in [1.54, 1.807) is 36.1 Å². The van der Waals surface area contributed by atoms with Gasteiger partial charge in [-0.05, 0) is 43.0 Å². The van der Waals surface area contributed by atoms with Crippen LogP contribution in [-0.4, -0.2) is 22.4 Å². The second-order valence-corrected chi connectivity index (χ2v) is 6.40. The molecule has 3 aromatic heterocycles. The van der Waals surface area contributed by atoms with Gasteiger partial charge < -0.3 is 9.73 Å². The van der Waals surface area contributed by atoms with E-state index in [9.17, 15) is 4.79 Å². The van der Waals surface area contributed by atoms with Gasteiger partial charge in [-0.25, -0.2) is 4.98 Å². The summed E-state index contributed by atoms with van der Waals surface area (Å²) in [6.07, 6.45) is 8.19. The Labute approximate surface area is 144 Å². The molecule has 0 saturated heterocycles. The van der Waals surface area contributed by atoms with Crippen LogP contribution in [0, 0.1) is 0 Å². The zero-order chi connectivity index (χ0) is 16.6. The Kier molecular flexibility index (Phi) is 5.74. The molecule has 3 rings (SSSR count). The first-order chi connectivity index (χ1) is 11.8. The minimum absolute atomic E-state index is 0.0306. The van der Waals surface area contributed by atoms with Gasteiger partial charge in [0.05, 0.1) is 35.3 Å². The molecule has 3 heterocycles. The average Bonchev–Trinajstić information content (AvgIpc) is 3.27. The number of nitrogens with zero attached hydrogens (tertiary/aromatic N) is 2. The Morgan fingerprint density at radius 2 is 2.17 bits per heavy atom. The van der Waals surface area contributed by atoms with Crippen LogP contribution in [-0.2, 0) is 17.6 Å². The summed E-state index contributed by atoms with van der Waals surface area (Å²) < 4.78 is 4.95. The van der Waals surface area contributed by atoms with Gasteiger partial charge >= 0.3 is 0 Å². The first kappa shape index (κ1) is 16.4. The Hall–Kier alpha value is -2.47. The molecule has 0 radical (unpaired) electrons. The highest BCUT2D eigenvalue weighted by Crippen LogP contribution is 2.20. The monoisotopic (exact) mass is 341 g/mol. The molecule has 0 aromatic carbocycles. The van der Waals surface area contributed by atoms with Gasteiger partial charge in [-0.2, -0.15) is 0 Å². The lowest BCUT2D eigenvalue weighted by molar-refractivity contribution is -0.120. The van der Waals surface area contributed by atoms with Gasteiger partial charge in [0.2, 0.25) is 5.91 Å². The van der Waals surface area contributed by atoms with Crippen LogP contribution in [0.25, 0.3) is 11.4 Å². The van der Waals surface area contributed by atoms with Crippen molar-refractivity contribution >= 4 is 17.2 Å². The summed E-state index contributed by atoms with van der Waals surface area (Å²) in [5.41, 5.74) is 2.74. The molecule has 124 valence electrons. The maximum atomic E-state index is 11.7. The molecule has 0 spiro atoms. The van der Waals surface area contributed by atoms with E-state index in [0.717, 1.165) is 41.2 Å². The van der Waals surface area contributed by atoms with Gasteiger partial charge in [-0.15, -0.1) is 11.3 Å². The van der Waals surface area contributed by atoms with Crippen molar-refractivity contribution < 1.29 is 9.21 Å². The number of aryl methyl sites for hydroxylation is 1. The van der Waals surface area contributed by atoms with Crippen LogP contribution >= 0.6 is 11.3 Å². The van der Waals surface area contributed by atoms with Crippen molar-refractivity contribution in [3.05, 3.63) is 58.9 Å². The van der Waals surface area contributed by atoms with E-state index >= 15 is 0 Å². The topological polar surface area (TPSA) is 68.0 Å². The van der Waals surface area contributed by atoms with Crippen molar-refractivity contribution in [1.82, 2.24) is 15.3 Å². The Bertz CT molecular complexity index is 754. The second kappa shape index (κ2) is 8.40. The number of thiazole rings is 1. The summed E-state index contributed by atoms with van der Waals surface area (Å²) in [7, 11) is 0. The predicted octanol–water partition coefficient (Wildman–Crippen LogP) is 3.48. The van der Waals surface area contributed by atoms with E-state index in [2.05, 4.69) is 15.3 Å². The summed E-state index contributed by atoms with van der Waals surface area (Å²) in [5.74, 6) is 0.0306. The fraction of sp³-hybridized carbons (Fsp3) is 0.278.